The quantitative estimate of drug-likeness (QED) is 0.839. The fourth-order valence-corrected chi connectivity index (χ4v) is 1.54. The lowest BCUT2D eigenvalue weighted by atomic mass is 10.0. The first-order chi connectivity index (χ1) is 7.54. The summed E-state index contributed by atoms with van der Waals surface area (Å²) in [4.78, 5) is 10.5. The van der Waals surface area contributed by atoms with E-state index in [1.165, 1.54) is 13.2 Å². The minimum absolute atomic E-state index is 0.0366. The summed E-state index contributed by atoms with van der Waals surface area (Å²) in [7, 11) is 1.52. The summed E-state index contributed by atoms with van der Waals surface area (Å²) >= 11 is 0. The van der Waals surface area contributed by atoms with E-state index >= 15 is 0 Å². The van der Waals surface area contributed by atoms with E-state index in [2.05, 4.69) is 0 Å². The Morgan fingerprint density at radius 1 is 1.56 bits per heavy atom. The van der Waals surface area contributed by atoms with Crippen LogP contribution in [0.4, 0.5) is 4.39 Å². The number of methoxy groups -OCH3 is 1. The summed E-state index contributed by atoms with van der Waals surface area (Å²) in [5.41, 5.74) is 1.34. The molecule has 0 heterocycles. The molecule has 0 spiro atoms. The predicted molar refractivity (Wildman–Crippen MR) is 57.8 cm³/mol. The number of ether oxygens (including phenoxy) is 1. The number of aryl methyl sites for hydroxylation is 1. The number of hydrogen-bond donors (Lipinski definition) is 1. The number of carboxylic acid groups (broad SMARTS) is 1. The van der Waals surface area contributed by atoms with Gasteiger partial charge in [-0.25, -0.2) is 4.39 Å². The van der Waals surface area contributed by atoms with E-state index in [9.17, 15) is 9.18 Å². The van der Waals surface area contributed by atoms with E-state index in [0.717, 1.165) is 5.56 Å². The highest BCUT2D eigenvalue weighted by Crippen LogP contribution is 2.23. The van der Waals surface area contributed by atoms with Crippen LogP contribution >= 0.6 is 0 Å². The summed E-state index contributed by atoms with van der Waals surface area (Å²) in [5.74, 6) is -1.13. The zero-order valence-electron chi connectivity index (χ0n) is 9.37. The minimum Gasteiger partial charge on any atom is -0.481 e. The largest absolute Gasteiger partial charge is 0.481 e. The highest BCUT2D eigenvalue weighted by molar-refractivity contribution is 5.66. The second-order valence-corrected chi connectivity index (χ2v) is 3.67. The van der Waals surface area contributed by atoms with Crippen molar-refractivity contribution in [2.45, 2.75) is 25.9 Å². The Bertz CT molecular complexity index is 377. The van der Waals surface area contributed by atoms with Gasteiger partial charge >= 0.3 is 5.97 Å². The fraction of sp³-hybridized carbons (Fsp3) is 0.417. The van der Waals surface area contributed by atoms with Crippen molar-refractivity contribution >= 4 is 5.97 Å². The van der Waals surface area contributed by atoms with Gasteiger partial charge in [-0.15, -0.1) is 0 Å². The van der Waals surface area contributed by atoms with Gasteiger partial charge in [-0.1, -0.05) is 12.1 Å². The average molecular weight is 226 g/mol. The Morgan fingerprint density at radius 2 is 2.25 bits per heavy atom. The van der Waals surface area contributed by atoms with Gasteiger partial charge in [-0.2, -0.15) is 0 Å². The molecule has 0 aliphatic carbocycles. The van der Waals surface area contributed by atoms with Gasteiger partial charge in [0.1, 0.15) is 5.82 Å². The van der Waals surface area contributed by atoms with Crippen LogP contribution in [0.15, 0.2) is 18.2 Å². The van der Waals surface area contributed by atoms with Gasteiger partial charge in [0.15, 0.2) is 0 Å². The SMILES string of the molecule is COC(CCC(=O)O)c1ccc(F)c(C)c1. The normalized spacial score (nSPS) is 12.4. The summed E-state index contributed by atoms with van der Waals surface area (Å²) < 4.78 is 18.2. The second-order valence-electron chi connectivity index (χ2n) is 3.67. The van der Waals surface area contributed by atoms with E-state index in [-0.39, 0.29) is 18.3 Å². The number of carboxylic acids is 1. The Balaban J connectivity index is 2.78. The fourth-order valence-electron chi connectivity index (χ4n) is 1.54. The van der Waals surface area contributed by atoms with Crippen LogP contribution in [0, 0.1) is 12.7 Å². The van der Waals surface area contributed by atoms with E-state index in [1.54, 1.807) is 19.1 Å². The molecule has 0 aromatic heterocycles. The maximum absolute atomic E-state index is 13.0. The van der Waals surface area contributed by atoms with Crippen LogP contribution in [0.3, 0.4) is 0 Å². The van der Waals surface area contributed by atoms with Crippen LogP contribution in [-0.4, -0.2) is 18.2 Å². The molecule has 1 unspecified atom stereocenters. The van der Waals surface area contributed by atoms with Crippen LogP contribution in [0.1, 0.15) is 30.1 Å². The maximum atomic E-state index is 13.0. The molecule has 88 valence electrons. The van der Waals surface area contributed by atoms with E-state index in [1.807, 2.05) is 0 Å². The molecule has 0 amide bonds. The van der Waals surface area contributed by atoms with Crippen LogP contribution < -0.4 is 0 Å². The number of benzene rings is 1. The van der Waals surface area contributed by atoms with Gasteiger partial charge in [0.05, 0.1) is 6.10 Å². The summed E-state index contributed by atoms with van der Waals surface area (Å²) in [6.07, 6.45) is 0.127. The maximum Gasteiger partial charge on any atom is 0.303 e. The molecule has 0 saturated carbocycles. The smallest absolute Gasteiger partial charge is 0.303 e. The number of carbonyl (C=O) groups is 1. The third-order valence-electron chi connectivity index (χ3n) is 2.46. The van der Waals surface area contributed by atoms with E-state index in [4.69, 9.17) is 9.84 Å². The third-order valence-corrected chi connectivity index (χ3v) is 2.46. The van der Waals surface area contributed by atoms with Gasteiger partial charge in [0, 0.05) is 13.5 Å². The van der Waals surface area contributed by atoms with Crippen LogP contribution in [-0.2, 0) is 9.53 Å². The standard InChI is InChI=1S/C12H15FO3/c1-8-7-9(3-4-10(8)13)11(16-2)5-6-12(14)15/h3-4,7,11H,5-6H2,1-2H3,(H,14,15). The molecule has 0 fully saturated rings. The van der Waals surface area contributed by atoms with Crippen molar-refractivity contribution in [3.05, 3.63) is 35.1 Å². The Labute approximate surface area is 93.9 Å². The van der Waals surface area contributed by atoms with Gasteiger partial charge < -0.3 is 9.84 Å². The second kappa shape index (κ2) is 5.61. The zero-order chi connectivity index (χ0) is 12.1. The molecule has 0 radical (unpaired) electrons. The monoisotopic (exact) mass is 226 g/mol. The van der Waals surface area contributed by atoms with Crippen LogP contribution in [0.2, 0.25) is 0 Å². The molecule has 0 bridgehead atoms. The highest BCUT2D eigenvalue weighted by Gasteiger charge is 2.13. The number of hydrogen-bond acceptors (Lipinski definition) is 2. The molecular weight excluding hydrogens is 211 g/mol. The first-order valence-corrected chi connectivity index (χ1v) is 5.05. The summed E-state index contributed by atoms with van der Waals surface area (Å²) in [6, 6.07) is 4.68. The average Bonchev–Trinajstić information content (AvgIpc) is 2.23. The van der Waals surface area contributed by atoms with Gasteiger partial charge in [-0.05, 0) is 30.5 Å². The first kappa shape index (κ1) is 12.6. The van der Waals surface area contributed by atoms with Gasteiger partial charge in [0.25, 0.3) is 0 Å². The van der Waals surface area contributed by atoms with Crippen molar-refractivity contribution in [3.63, 3.8) is 0 Å². The molecule has 16 heavy (non-hydrogen) atoms. The van der Waals surface area contributed by atoms with Crippen molar-refractivity contribution in [1.29, 1.82) is 0 Å². The van der Waals surface area contributed by atoms with Gasteiger partial charge in [0.2, 0.25) is 0 Å². The van der Waals surface area contributed by atoms with Gasteiger partial charge in [-0.3, -0.25) is 4.79 Å². The number of aliphatic carboxylic acids is 1. The first-order valence-electron chi connectivity index (χ1n) is 5.05. The lowest BCUT2D eigenvalue weighted by Crippen LogP contribution is -2.05. The summed E-state index contributed by atoms with van der Waals surface area (Å²) in [6.45, 7) is 1.67. The molecule has 1 aromatic rings. The molecular formula is C12H15FO3. The van der Waals surface area contributed by atoms with Crippen molar-refractivity contribution in [3.8, 4) is 0 Å². The lowest BCUT2D eigenvalue weighted by molar-refractivity contribution is -0.137. The van der Waals surface area contributed by atoms with E-state index in [0.29, 0.717) is 12.0 Å². The van der Waals surface area contributed by atoms with E-state index < -0.39 is 5.97 Å². The van der Waals surface area contributed by atoms with Crippen molar-refractivity contribution in [2.24, 2.45) is 0 Å². The topological polar surface area (TPSA) is 46.5 Å². The lowest BCUT2D eigenvalue weighted by Gasteiger charge is -2.15. The number of halogens is 1. The van der Waals surface area contributed by atoms with Crippen molar-refractivity contribution in [2.75, 3.05) is 7.11 Å². The molecule has 0 saturated heterocycles. The zero-order valence-corrected chi connectivity index (χ0v) is 9.37. The molecule has 4 heteroatoms. The highest BCUT2D eigenvalue weighted by atomic mass is 19.1. The van der Waals surface area contributed by atoms with Crippen molar-refractivity contribution in [1.82, 2.24) is 0 Å². The Morgan fingerprint density at radius 3 is 2.75 bits per heavy atom. The van der Waals surface area contributed by atoms with Crippen LogP contribution in [0.5, 0.6) is 0 Å². The molecule has 0 aliphatic heterocycles. The van der Waals surface area contributed by atoms with Crippen molar-refractivity contribution < 1.29 is 19.0 Å². The Hall–Kier alpha value is -1.42. The Kier molecular flexibility index (Phi) is 4.43. The number of rotatable bonds is 5. The predicted octanol–water partition coefficient (Wildman–Crippen LogP) is 2.69. The molecule has 3 nitrogen and oxygen atoms in total. The molecule has 1 atom stereocenters. The molecule has 1 aromatic carbocycles. The van der Waals surface area contributed by atoms with Crippen LogP contribution in [0.25, 0.3) is 0 Å². The summed E-state index contributed by atoms with van der Waals surface area (Å²) in [5, 5.41) is 8.59. The molecule has 1 rings (SSSR count). The minimum atomic E-state index is -0.860. The molecule has 1 N–H and O–H groups in total. The third kappa shape index (κ3) is 3.31. The molecule has 0 aliphatic rings.